The summed E-state index contributed by atoms with van der Waals surface area (Å²) < 4.78 is 0.736. The molecule has 0 bridgehead atoms. The molecule has 1 unspecified atom stereocenters. The summed E-state index contributed by atoms with van der Waals surface area (Å²) in [7, 11) is 3.99. The summed E-state index contributed by atoms with van der Waals surface area (Å²) in [5.41, 5.74) is 0.397. The molecular formula is C14H21BrClN3O. The Morgan fingerprint density at radius 1 is 1.50 bits per heavy atom. The zero-order valence-corrected chi connectivity index (χ0v) is 14.6. The normalized spacial score (nSPS) is 12.8. The fourth-order valence-electron chi connectivity index (χ4n) is 2.03. The van der Waals surface area contributed by atoms with E-state index in [1.807, 2.05) is 14.1 Å². The fourth-order valence-corrected chi connectivity index (χ4v) is 2.55. The summed E-state index contributed by atoms with van der Waals surface area (Å²) in [6, 6.07) is 1.78. The van der Waals surface area contributed by atoms with Crippen molar-refractivity contribution in [1.82, 2.24) is 15.2 Å². The van der Waals surface area contributed by atoms with Gasteiger partial charge in [-0.25, -0.2) is 4.98 Å². The molecule has 0 aliphatic rings. The van der Waals surface area contributed by atoms with Crippen LogP contribution in [0.1, 0.15) is 30.6 Å². The van der Waals surface area contributed by atoms with Gasteiger partial charge >= 0.3 is 0 Å². The monoisotopic (exact) mass is 361 g/mol. The number of hydrogen-bond donors (Lipinski definition) is 1. The summed E-state index contributed by atoms with van der Waals surface area (Å²) in [6.45, 7) is 5.08. The minimum absolute atomic E-state index is 0.0903. The Morgan fingerprint density at radius 3 is 2.70 bits per heavy atom. The number of hydrogen-bond acceptors (Lipinski definition) is 3. The third kappa shape index (κ3) is 5.77. The topological polar surface area (TPSA) is 45.2 Å². The molecule has 0 aliphatic carbocycles. The van der Waals surface area contributed by atoms with E-state index >= 15 is 0 Å². The molecule has 1 rings (SSSR count). The molecule has 1 aromatic heterocycles. The SMILES string of the molecule is CC(C)CC(CN(C)C)NC(=O)c1cc(Br)cnc1Cl. The number of rotatable bonds is 6. The lowest BCUT2D eigenvalue weighted by atomic mass is 10.0. The maximum atomic E-state index is 12.3. The molecule has 20 heavy (non-hydrogen) atoms. The van der Waals surface area contributed by atoms with Gasteiger partial charge in [-0.15, -0.1) is 0 Å². The molecule has 1 N–H and O–H groups in total. The van der Waals surface area contributed by atoms with Gasteiger partial charge in [0, 0.05) is 23.3 Å². The van der Waals surface area contributed by atoms with Crippen LogP contribution >= 0.6 is 27.5 Å². The van der Waals surface area contributed by atoms with Crippen molar-refractivity contribution in [2.45, 2.75) is 26.3 Å². The quantitative estimate of drug-likeness (QED) is 0.790. The summed E-state index contributed by atoms with van der Waals surface area (Å²) in [4.78, 5) is 18.4. The number of pyridine rings is 1. The number of likely N-dealkylation sites (N-methyl/N-ethyl adjacent to an activating group) is 1. The first-order valence-corrected chi connectivity index (χ1v) is 7.73. The number of carbonyl (C=O) groups is 1. The lowest BCUT2D eigenvalue weighted by Crippen LogP contribution is -2.42. The van der Waals surface area contributed by atoms with Gasteiger partial charge < -0.3 is 10.2 Å². The molecule has 6 heteroatoms. The standard InChI is InChI=1S/C14H21BrClN3O/c1-9(2)5-11(8-19(3)4)18-14(20)12-6-10(15)7-17-13(12)16/h6-7,9,11H,5,8H2,1-4H3,(H,18,20). The Kier molecular flexibility index (Phi) is 6.92. The molecule has 0 spiro atoms. The van der Waals surface area contributed by atoms with Gasteiger partial charge in [0.25, 0.3) is 5.91 Å². The van der Waals surface area contributed by atoms with Crippen molar-refractivity contribution in [3.8, 4) is 0 Å². The number of halogens is 2. The zero-order chi connectivity index (χ0) is 15.3. The smallest absolute Gasteiger partial charge is 0.254 e. The van der Waals surface area contributed by atoms with Gasteiger partial charge in [0.05, 0.1) is 5.56 Å². The summed E-state index contributed by atoms with van der Waals surface area (Å²) in [6.07, 6.45) is 2.49. The van der Waals surface area contributed by atoms with Crippen LogP contribution in [0.5, 0.6) is 0 Å². The number of amides is 1. The Balaban J connectivity index is 2.81. The fraction of sp³-hybridized carbons (Fsp3) is 0.571. The molecule has 112 valence electrons. The van der Waals surface area contributed by atoms with E-state index in [-0.39, 0.29) is 17.1 Å². The summed E-state index contributed by atoms with van der Waals surface area (Å²) >= 11 is 9.28. The van der Waals surface area contributed by atoms with Crippen molar-refractivity contribution in [3.05, 3.63) is 27.5 Å². The van der Waals surface area contributed by atoms with Crippen LogP contribution in [0.3, 0.4) is 0 Å². The zero-order valence-electron chi connectivity index (χ0n) is 12.3. The Labute approximate surface area is 134 Å². The largest absolute Gasteiger partial charge is 0.348 e. The van der Waals surface area contributed by atoms with Crippen LogP contribution in [-0.2, 0) is 0 Å². The molecule has 0 aromatic carbocycles. The molecule has 1 amide bonds. The number of nitrogens with zero attached hydrogens (tertiary/aromatic N) is 2. The van der Waals surface area contributed by atoms with Crippen LogP contribution in [0.4, 0.5) is 0 Å². The molecule has 0 saturated carbocycles. The van der Waals surface area contributed by atoms with Gasteiger partial charge in [-0.05, 0) is 48.4 Å². The van der Waals surface area contributed by atoms with Crippen molar-refractivity contribution >= 4 is 33.4 Å². The second kappa shape index (κ2) is 7.96. The maximum absolute atomic E-state index is 12.3. The first kappa shape index (κ1) is 17.4. The van der Waals surface area contributed by atoms with Crippen molar-refractivity contribution < 1.29 is 4.79 Å². The minimum Gasteiger partial charge on any atom is -0.348 e. The van der Waals surface area contributed by atoms with Crippen LogP contribution in [0.2, 0.25) is 5.15 Å². The first-order valence-electron chi connectivity index (χ1n) is 6.56. The van der Waals surface area contributed by atoms with E-state index in [9.17, 15) is 4.79 Å². The highest BCUT2D eigenvalue weighted by molar-refractivity contribution is 9.10. The second-order valence-corrected chi connectivity index (χ2v) is 6.83. The molecule has 1 aromatic rings. The molecule has 0 saturated heterocycles. The molecular weight excluding hydrogens is 342 g/mol. The molecule has 4 nitrogen and oxygen atoms in total. The molecule has 1 heterocycles. The first-order chi connectivity index (χ1) is 9.29. The van der Waals surface area contributed by atoms with Gasteiger partial charge in [-0.3, -0.25) is 4.79 Å². The minimum atomic E-state index is -0.184. The van der Waals surface area contributed by atoms with E-state index < -0.39 is 0 Å². The number of nitrogens with one attached hydrogen (secondary N) is 1. The third-order valence-corrected chi connectivity index (χ3v) is 3.46. The predicted octanol–water partition coefficient (Wildman–Crippen LogP) is 3.20. The van der Waals surface area contributed by atoms with Gasteiger partial charge in [0.1, 0.15) is 5.15 Å². The van der Waals surface area contributed by atoms with Crippen LogP contribution in [-0.4, -0.2) is 42.5 Å². The third-order valence-electron chi connectivity index (χ3n) is 2.73. The predicted molar refractivity (Wildman–Crippen MR) is 86.2 cm³/mol. The van der Waals surface area contributed by atoms with Crippen LogP contribution in [0.25, 0.3) is 0 Å². The summed E-state index contributed by atoms with van der Waals surface area (Å²) in [5, 5.41) is 3.26. The highest BCUT2D eigenvalue weighted by Crippen LogP contribution is 2.18. The van der Waals surface area contributed by atoms with E-state index in [0.717, 1.165) is 17.4 Å². The van der Waals surface area contributed by atoms with Gasteiger partial charge in [-0.1, -0.05) is 25.4 Å². The van der Waals surface area contributed by atoms with Crippen LogP contribution in [0.15, 0.2) is 16.7 Å². The van der Waals surface area contributed by atoms with Crippen LogP contribution < -0.4 is 5.32 Å². The lowest BCUT2D eigenvalue weighted by molar-refractivity contribution is 0.0924. The lowest BCUT2D eigenvalue weighted by Gasteiger charge is -2.24. The van der Waals surface area contributed by atoms with E-state index in [1.165, 1.54) is 0 Å². The van der Waals surface area contributed by atoms with Crippen molar-refractivity contribution in [3.63, 3.8) is 0 Å². The Bertz CT molecular complexity index is 456. The van der Waals surface area contributed by atoms with Gasteiger partial charge in [0.15, 0.2) is 0 Å². The average molecular weight is 363 g/mol. The van der Waals surface area contributed by atoms with Crippen molar-refractivity contribution in [2.24, 2.45) is 5.92 Å². The van der Waals surface area contributed by atoms with Crippen molar-refractivity contribution in [1.29, 1.82) is 0 Å². The van der Waals surface area contributed by atoms with Gasteiger partial charge in [0.2, 0.25) is 0 Å². The molecule has 0 aliphatic heterocycles. The van der Waals surface area contributed by atoms with E-state index in [4.69, 9.17) is 11.6 Å². The molecule has 1 atom stereocenters. The Hall–Kier alpha value is -0.650. The van der Waals surface area contributed by atoms with Crippen molar-refractivity contribution in [2.75, 3.05) is 20.6 Å². The highest BCUT2D eigenvalue weighted by atomic mass is 79.9. The van der Waals surface area contributed by atoms with E-state index in [0.29, 0.717) is 11.5 Å². The van der Waals surface area contributed by atoms with Gasteiger partial charge in [-0.2, -0.15) is 0 Å². The number of aromatic nitrogens is 1. The van der Waals surface area contributed by atoms with E-state index in [1.54, 1.807) is 12.3 Å². The van der Waals surface area contributed by atoms with E-state index in [2.05, 4.69) is 45.0 Å². The number of carbonyl (C=O) groups excluding carboxylic acids is 1. The van der Waals surface area contributed by atoms with Crippen LogP contribution in [0, 0.1) is 5.92 Å². The average Bonchev–Trinajstić information content (AvgIpc) is 2.30. The Morgan fingerprint density at radius 2 is 2.15 bits per heavy atom. The molecule has 0 fully saturated rings. The summed E-state index contributed by atoms with van der Waals surface area (Å²) in [5.74, 6) is 0.327. The molecule has 0 radical (unpaired) electrons. The second-order valence-electron chi connectivity index (χ2n) is 5.55. The maximum Gasteiger partial charge on any atom is 0.254 e. The highest BCUT2D eigenvalue weighted by Gasteiger charge is 2.18.